The molecule has 23 heavy (non-hydrogen) atoms. The number of anilines is 1. The van der Waals surface area contributed by atoms with Crippen LogP contribution in [0.4, 0.5) is 11.4 Å². The molecule has 0 radical (unpaired) electrons. The number of imidazole rings is 1. The minimum Gasteiger partial charge on any atom is -0.304 e. The summed E-state index contributed by atoms with van der Waals surface area (Å²) in [5, 5.41) is 15.2. The lowest BCUT2D eigenvalue weighted by Crippen LogP contribution is -2.14. The van der Waals surface area contributed by atoms with E-state index in [1.54, 1.807) is 41.1 Å². The van der Waals surface area contributed by atoms with Gasteiger partial charge in [-0.2, -0.15) is 0 Å². The van der Waals surface area contributed by atoms with Gasteiger partial charge in [-0.15, -0.1) is 4.91 Å². The number of fused-ring (bicyclic) bond motifs is 1. The Balaban J connectivity index is 2.05. The van der Waals surface area contributed by atoms with Crippen molar-refractivity contribution >= 4 is 17.0 Å². The summed E-state index contributed by atoms with van der Waals surface area (Å²) >= 11 is 0. The lowest BCUT2D eigenvalue weighted by molar-refractivity contribution is -0.384. The number of pyridine rings is 1. The lowest BCUT2D eigenvalue weighted by atomic mass is 10.1. The summed E-state index contributed by atoms with van der Waals surface area (Å²) in [6.45, 7) is 2.29. The average Bonchev–Trinajstić information content (AvgIpc) is 2.99. The molecule has 0 aliphatic rings. The predicted molar refractivity (Wildman–Crippen MR) is 86.1 cm³/mol. The fourth-order valence-electron chi connectivity index (χ4n) is 2.34. The van der Waals surface area contributed by atoms with Crippen LogP contribution in [-0.2, 0) is 0 Å². The maximum atomic E-state index is 10.9. The second-order valence-corrected chi connectivity index (χ2v) is 4.88. The van der Waals surface area contributed by atoms with Crippen molar-refractivity contribution in [2.75, 3.05) is 11.6 Å². The summed E-state index contributed by atoms with van der Waals surface area (Å²) in [6.07, 6.45) is 3.50. The number of benzene rings is 1. The van der Waals surface area contributed by atoms with Gasteiger partial charge in [-0.3, -0.25) is 10.1 Å². The summed E-state index contributed by atoms with van der Waals surface area (Å²) in [4.78, 5) is 25.7. The summed E-state index contributed by atoms with van der Waals surface area (Å²) in [7, 11) is 0. The topological polar surface area (TPSA) is 93.1 Å². The molecule has 0 spiro atoms. The highest BCUT2D eigenvalue weighted by Crippen LogP contribution is 2.25. The van der Waals surface area contributed by atoms with Crippen molar-refractivity contribution in [1.29, 1.82) is 0 Å². The van der Waals surface area contributed by atoms with Gasteiger partial charge in [0.25, 0.3) is 5.69 Å². The Kier molecular flexibility index (Phi) is 3.71. The minimum absolute atomic E-state index is 0.0163. The Bertz CT molecular complexity index is 890. The number of nitrogens with zero attached hydrogens (tertiary/aromatic N) is 5. The Hall–Kier alpha value is -3.29. The molecule has 0 aliphatic heterocycles. The second-order valence-electron chi connectivity index (χ2n) is 4.88. The molecule has 0 unspecified atom stereocenters. The second kappa shape index (κ2) is 5.84. The molecule has 8 heteroatoms. The minimum atomic E-state index is -0.438. The van der Waals surface area contributed by atoms with E-state index < -0.39 is 4.92 Å². The molecule has 0 saturated carbocycles. The number of aromatic nitrogens is 2. The van der Waals surface area contributed by atoms with Crippen molar-refractivity contribution in [2.45, 2.75) is 6.92 Å². The zero-order valence-electron chi connectivity index (χ0n) is 12.3. The molecule has 0 amide bonds. The SMILES string of the molecule is CCN(N=O)c1ccc2nc(-c3cccc([N+](=O)[O-])c3)cn2c1. The van der Waals surface area contributed by atoms with Gasteiger partial charge in [-0.05, 0) is 19.1 Å². The first-order valence-electron chi connectivity index (χ1n) is 6.96. The van der Waals surface area contributed by atoms with E-state index in [2.05, 4.69) is 10.3 Å². The van der Waals surface area contributed by atoms with Crippen molar-refractivity contribution in [3.8, 4) is 11.3 Å². The van der Waals surface area contributed by atoms with Crippen LogP contribution in [0.3, 0.4) is 0 Å². The number of hydrogen-bond donors (Lipinski definition) is 0. The quantitative estimate of drug-likeness (QED) is 0.409. The van der Waals surface area contributed by atoms with E-state index in [4.69, 9.17) is 0 Å². The standard InChI is InChI=1S/C15H13N5O3/c1-2-19(17-21)13-6-7-15-16-14(10-18(15)9-13)11-4-3-5-12(8-11)20(22)23/h3-10H,2H2,1H3. The fourth-order valence-corrected chi connectivity index (χ4v) is 2.34. The molecule has 1 aromatic carbocycles. The third-order valence-electron chi connectivity index (χ3n) is 3.48. The Morgan fingerprint density at radius 3 is 2.83 bits per heavy atom. The van der Waals surface area contributed by atoms with Crippen molar-refractivity contribution in [1.82, 2.24) is 9.38 Å². The van der Waals surface area contributed by atoms with Crippen molar-refractivity contribution in [3.05, 3.63) is 63.8 Å². The van der Waals surface area contributed by atoms with E-state index in [1.165, 1.54) is 17.1 Å². The molecule has 0 atom stereocenters. The molecular weight excluding hydrogens is 298 g/mol. The van der Waals surface area contributed by atoms with E-state index in [0.29, 0.717) is 29.1 Å². The lowest BCUT2D eigenvalue weighted by Gasteiger charge is -2.12. The van der Waals surface area contributed by atoms with Gasteiger partial charge in [-0.25, -0.2) is 9.99 Å². The predicted octanol–water partition coefficient (Wildman–Crippen LogP) is 3.42. The van der Waals surface area contributed by atoms with E-state index in [1.807, 2.05) is 6.92 Å². The van der Waals surface area contributed by atoms with Crippen LogP contribution in [0.2, 0.25) is 0 Å². The molecule has 3 rings (SSSR count). The molecule has 3 aromatic rings. The molecule has 0 aliphatic carbocycles. The van der Waals surface area contributed by atoms with Crippen LogP contribution in [0.25, 0.3) is 16.9 Å². The number of non-ortho nitro benzene ring substituents is 1. The van der Waals surface area contributed by atoms with Crippen LogP contribution in [0.5, 0.6) is 0 Å². The van der Waals surface area contributed by atoms with Crippen LogP contribution in [-0.4, -0.2) is 20.9 Å². The highest BCUT2D eigenvalue weighted by atomic mass is 16.6. The van der Waals surface area contributed by atoms with Gasteiger partial charge in [0.05, 0.1) is 21.6 Å². The molecule has 0 bridgehead atoms. The van der Waals surface area contributed by atoms with E-state index in [-0.39, 0.29) is 5.69 Å². The zero-order valence-corrected chi connectivity index (χ0v) is 12.3. The van der Waals surface area contributed by atoms with Crippen LogP contribution in [0, 0.1) is 15.0 Å². The first-order valence-corrected chi connectivity index (χ1v) is 6.96. The summed E-state index contributed by atoms with van der Waals surface area (Å²) in [5.41, 5.74) is 2.62. The molecule has 116 valence electrons. The molecule has 2 aromatic heterocycles. The maximum absolute atomic E-state index is 10.9. The molecular formula is C15H13N5O3. The van der Waals surface area contributed by atoms with Gasteiger partial charge in [0.15, 0.2) is 0 Å². The highest BCUT2D eigenvalue weighted by molar-refractivity contribution is 5.66. The van der Waals surface area contributed by atoms with E-state index >= 15 is 0 Å². The van der Waals surface area contributed by atoms with Crippen molar-refractivity contribution in [3.63, 3.8) is 0 Å². The molecule has 0 fully saturated rings. The van der Waals surface area contributed by atoms with Gasteiger partial charge in [0, 0.05) is 36.6 Å². The Labute approximate surface area is 131 Å². The first kappa shape index (κ1) is 14.6. The van der Waals surface area contributed by atoms with Crippen molar-refractivity contribution < 1.29 is 4.92 Å². The summed E-state index contributed by atoms with van der Waals surface area (Å²) < 4.78 is 1.76. The van der Waals surface area contributed by atoms with Crippen LogP contribution >= 0.6 is 0 Å². The van der Waals surface area contributed by atoms with Crippen LogP contribution < -0.4 is 5.01 Å². The van der Waals surface area contributed by atoms with Crippen LogP contribution in [0.1, 0.15) is 6.92 Å². The highest BCUT2D eigenvalue weighted by Gasteiger charge is 2.11. The van der Waals surface area contributed by atoms with E-state index in [9.17, 15) is 15.0 Å². The fraction of sp³-hybridized carbons (Fsp3) is 0.133. The first-order chi connectivity index (χ1) is 11.1. The number of hydrogen-bond acceptors (Lipinski definition) is 5. The summed E-state index contributed by atoms with van der Waals surface area (Å²) in [6, 6.07) is 9.83. The van der Waals surface area contributed by atoms with Crippen LogP contribution in [0.15, 0.2) is 54.1 Å². The number of nitroso groups, excluding NO2 is 1. The third kappa shape index (κ3) is 2.73. The smallest absolute Gasteiger partial charge is 0.270 e. The van der Waals surface area contributed by atoms with Gasteiger partial charge in [0.1, 0.15) is 5.65 Å². The number of rotatable bonds is 5. The number of nitro benzene ring substituents is 1. The maximum Gasteiger partial charge on any atom is 0.270 e. The van der Waals surface area contributed by atoms with Gasteiger partial charge in [-0.1, -0.05) is 12.1 Å². The van der Waals surface area contributed by atoms with E-state index in [0.717, 1.165) is 0 Å². The van der Waals surface area contributed by atoms with Gasteiger partial charge >= 0.3 is 0 Å². The van der Waals surface area contributed by atoms with Gasteiger partial charge < -0.3 is 4.40 Å². The molecule has 2 heterocycles. The summed E-state index contributed by atoms with van der Waals surface area (Å²) in [5.74, 6) is 0. The van der Waals surface area contributed by atoms with Gasteiger partial charge in [0.2, 0.25) is 0 Å². The molecule has 8 nitrogen and oxygen atoms in total. The largest absolute Gasteiger partial charge is 0.304 e. The zero-order chi connectivity index (χ0) is 16.4. The average molecular weight is 311 g/mol. The molecule has 0 N–H and O–H groups in total. The normalized spacial score (nSPS) is 10.7. The Morgan fingerprint density at radius 2 is 2.13 bits per heavy atom. The van der Waals surface area contributed by atoms with Crippen molar-refractivity contribution in [2.24, 2.45) is 5.29 Å². The monoisotopic (exact) mass is 311 g/mol. The third-order valence-corrected chi connectivity index (χ3v) is 3.48. The number of nitro groups is 1. The molecule has 0 saturated heterocycles. The Morgan fingerprint density at radius 1 is 1.30 bits per heavy atom.